The van der Waals surface area contributed by atoms with E-state index in [2.05, 4.69) is 48.3 Å². The number of anilines is 1. The van der Waals surface area contributed by atoms with Crippen molar-refractivity contribution >= 4 is 5.69 Å². The van der Waals surface area contributed by atoms with Crippen LogP contribution < -0.4 is 5.32 Å². The van der Waals surface area contributed by atoms with Gasteiger partial charge in [-0.15, -0.1) is 0 Å². The fraction of sp³-hybridized carbons (Fsp3) is 0.571. The maximum absolute atomic E-state index is 5.75. The Morgan fingerprint density at radius 1 is 1.35 bits per heavy atom. The van der Waals surface area contributed by atoms with Crippen molar-refractivity contribution in [3.63, 3.8) is 0 Å². The molecule has 0 amide bonds. The van der Waals surface area contributed by atoms with Crippen LogP contribution in [0.4, 0.5) is 5.69 Å². The molecule has 1 heterocycles. The molecule has 0 radical (unpaired) electrons. The van der Waals surface area contributed by atoms with E-state index in [1.165, 1.54) is 11.3 Å². The largest absolute Gasteiger partial charge is 0.382 e. The molecule has 1 fully saturated rings. The summed E-state index contributed by atoms with van der Waals surface area (Å²) in [6.07, 6.45) is 0.310. The molecule has 17 heavy (non-hydrogen) atoms. The lowest BCUT2D eigenvalue weighted by atomic mass is 10.2. The van der Waals surface area contributed by atoms with Crippen molar-refractivity contribution in [1.82, 2.24) is 4.90 Å². The molecule has 1 N–H and O–H groups in total. The quantitative estimate of drug-likeness (QED) is 0.863. The third-order valence-electron chi connectivity index (χ3n) is 3.26. The summed E-state index contributed by atoms with van der Waals surface area (Å²) in [6, 6.07) is 8.50. The highest BCUT2D eigenvalue weighted by Crippen LogP contribution is 2.10. The van der Waals surface area contributed by atoms with Gasteiger partial charge in [-0.25, -0.2) is 0 Å². The topological polar surface area (TPSA) is 24.5 Å². The standard InChI is InChI=1S/C14H22N2O/c1-3-16-8-9-17-14(11-16)10-15-13-6-4-12(2)5-7-13/h4-7,14-15H,3,8-11H2,1-2H3. The fourth-order valence-corrected chi connectivity index (χ4v) is 2.09. The smallest absolute Gasteiger partial charge is 0.0874 e. The minimum atomic E-state index is 0.310. The molecule has 3 nitrogen and oxygen atoms in total. The van der Waals surface area contributed by atoms with Crippen LogP contribution in [-0.4, -0.2) is 43.8 Å². The van der Waals surface area contributed by atoms with E-state index in [1.807, 2.05) is 0 Å². The van der Waals surface area contributed by atoms with E-state index >= 15 is 0 Å². The summed E-state index contributed by atoms with van der Waals surface area (Å²) in [6.45, 7) is 9.27. The predicted octanol–water partition coefficient (Wildman–Crippen LogP) is 2.13. The second-order valence-electron chi connectivity index (χ2n) is 4.63. The van der Waals surface area contributed by atoms with Gasteiger partial charge in [-0.3, -0.25) is 4.90 Å². The Morgan fingerprint density at radius 2 is 2.12 bits per heavy atom. The number of ether oxygens (including phenoxy) is 1. The van der Waals surface area contributed by atoms with Crippen molar-refractivity contribution < 1.29 is 4.74 Å². The Hall–Kier alpha value is -1.06. The zero-order valence-corrected chi connectivity index (χ0v) is 10.8. The highest BCUT2D eigenvalue weighted by molar-refractivity contribution is 5.44. The summed E-state index contributed by atoms with van der Waals surface area (Å²) in [5.41, 5.74) is 2.47. The fourth-order valence-electron chi connectivity index (χ4n) is 2.09. The maximum Gasteiger partial charge on any atom is 0.0874 e. The Bertz CT molecular complexity index is 337. The minimum Gasteiger partial charge on any atom is -0.382 e. The summed E-state index contributed by atoms with van der Waals surface area (Å²) >= 11 is 0. The second kappa shape index (κ2) is 6.03. The summed E-state index contributed by atoms with van der Waals surface area (Å²) in [7, 11) is 0. The van der Waals surface area contributed by atoms with Gasteiger partial charge < -0.3 is 10.1 Å². The molecular weight excluding hydrogens is 212 g/mol. The van der Waals surface area contributed by atoms with Crippen LogP contribution in [0.1, 0.15) is 12.5 Å². The van der Waals surface area contributed by atoms with E-state index in [9.17, 15) is 0 Å². The molecule has 0 aromatic heterocycles. The monoisotopic (exact) mass is 234 g/mol. The van der Waals surface area contributed by atoms with E-state index in [4.69, 9.17) is 4.74 Å². The molecule has 0 bridgehead atoms. The van der Waals surface area contributed by atoms with Crippen LogP contribution in [-0.2, 0) is 4.74 Å². The first-order valence-corrected chi connectivity index (χ1v) is 6.42. The van der Waals surface area contributed by atoms with Crippen LogP contribution >= 0.6 is 0 Å². The van der Waals surface area contributed by atoms with Gasteiger partial charge in [0, 0.05) is 25.3 Å². The molecule has 1 aliphatic heterocycles. The Labute approximate surface area is 104 Å². The van der Waals surface area contributed by atoms with E-state index < -0.39 is 0 Å². The zero-order valence-electron chi connectivity index (χ0n) is 10.8. The van der Waals surface area contributed by atoms with Gasteiger partial charge in [0.25, 0.3) is 0 Å². The average Bonchev–Trinajstić information content (AvgIpc) is 2.38. The zero-order chi connectivity index (χ0) is 12.1. The second-order valence-corrected chi connectivity index (χ2v) is 4.63. The van der Waals surface area contributed by atoms with Crippen LogP contribution in [0, 0.1) is 6.92 Å². The molecule has 0 saturated carbocycles. The van der Waals surface area contributed by atoms with Gasteiger partial charge in [0.05, 0.1) is 12.7 Å². The van der Waals surface area contributed by atoms with Crippen molar-refractivity contribution in [3.05, 3.63) is 29.8 Å². The molecule has 1 atom stereocenters. The molecule has 2 rings (SSSR count). The predicted molar refractivity (Wildman–Crippen MR) is 71.5 cm³/mol. The van der Waals surface area contributed by atoms with Crippen molar-refractivity contribution in [2.75, 3.05) is 38.1 Å². The van der Waals surface area contributed by atoms with Gasteiger partial charge >= 0.3 is 0 Å². The number of rotatable bonds is 4. The molecular formula is C14H22N2O. The van der Waals surface area contributed by atoms with Crippen molar-refractivity contribution in [2.24, 2.45) is 0 Å². The van der Waals surface area contributed by atoms with Gasteiger partial charge in [0.15, 0.2) is 0 Å². The van der Waals surface area contributed by atoms with Gasteiger partial charge in [-0.1, -0.05) is 24.6 Å². The summed E-state index contributed by atoms with van der Waals surface area (Å²) in [5, 5.41) is 3.43. The molecule has 3 heteroatoms. The van der Waals surface area contributed by atoms with E-state index in [0.29, 0.717) is 6.10 Å². The first-order valence-electron chi connectivity index (χ1n) is 6.42. The highest BCUT2D eigenvalue weighted by atomic mass is 16.5. The van der Waals surface area contributed by atoms with Gasteiger partial charge in [0.2, 0.25) is 0 Å². The van der Waals surface area contributed by atoms with Crippen molar-refractivity contribution in [1.29, 1.82) is 0 Å². The van der Waals surface area contributed by atoms with Gasteiger partial charge in [-0.05, 0) is 25.6 Å². The molecule has 0 spiro atoms. The lowest BCUT2D eigenvalue weighted by Gasteiger charge is -2.32. The molecule has 1 aromatic rings. The normalized spacial score (nSPS) is 21.4. The number of nitrogens with zero attached hydrogens (tertiary/aromatic N) is 1. The number of morpholine rings is 1. The van der Waals surface area contributed by atoms with Gasteiger partial charge in [0.1, 0.15) is 0 Å². The molecule has 1 unspecified atom stereocenters. The minimum absolute atomic E-state index is 0.310. The van der Waals surface area contributed by atoms with E-state index in [-0.39, 0.29) is 0 Å². The van der Waals surface area contributed by atoms with Crippen LogP contribution in [0.25, 0.3) is 0 Å². The van der Waals surface area contributed by atoms with Gasteiger partial charge in [-0.2, -0.15) is 0 Å². The highest BCUT2D eigenvalue weighted by Gasteiger charge is 2.18. The number of hydrogen-bond donors (Lipinski definition) is 1. The lowest BCUT2D eigenvalue weighted by molar-refractivity contribution is -0.0191. The Kier molecular flexibility index (Phi) is 4.40. The SMILES string of the molecule is CCN1CCOC(CNc2ccc(C)cc2)C1. The van der Waals surface area contributed by atoms with E-state index in [0.717, 1.165) is 32.8 Å². The molecule has 94 valence electrons. The lowest BCUT2D eigenvalue weighted by Crippen LogP contribution is -2.45. The number of nitrogens with one attached hydrogen (secondary N) is 1. The Morgan fingerprint density at radius 3 is 2.82 bits per heavy atom. The van der Waals surface area contributed by atoms with Crippen molar-refractivity contribution in [3.8, 4) is 0 Å². The summed E-state index contributed by atoms with van der Waals surface area (Å²) in [4.78, 5) is 2.44. The molecule has 1 saturated heterocycles. The number of aryl methyl sites for hydroxylation is 1. The third-order valence-corrected chi connectivity index (χ3v) is 3.26. The number of hydrogen-bond acceptors (Lipinski definition) is 3. The van der Waals surface area contributed by atoms with Crippen LogP contribution in [0.5, 0.6) is 0 Å². The van der Waals surface area contributed by atoms with E-state index in [1.54, 1.807) is 0 Å². The first kappa shape index (κ1) is 12.4. The molecule has 1 aromatic carbocycles. The average molecular weight is 234 g/mol. The first-order chi connectivity index (χ1) is 8.28. The van der Waals surface area contributed by atoms with Crippen LogP contribution in [0.3, 0.4) is 0 Å². The Balaban J connectivity index is 1.79. The summed E-state index contributed by atoms with van der Waals surface area (Å²) in [5.74, 6) is 0. The number of likely N-dealkylation sites (N-methyl/N-ethyl adjacent to an activating group) is 1. The van der Waals surface area contributed by atoms with Crippen LogP contribution in [0.2, 0.25) is 0 Å². The van der Waals surface area contributed by atoms with Crippen LogP contribution in [0.15, 0.2) is 24.3 Å². The molecule has 0 aliphatic carbocycles. The number of benzene rings is 1. The van der Waals surface area contributed by atoms with Crippen molar-refractivity contribution in [2.45, 2.75) is 20.0 Å². The summed E-state index contributed by atoms with van der Waals surface area (Å²) < 4.78 is 5.75. The maximum atomic E-state index is 5.75. The molecule has 1 aliphatic rings. The third kappa shape index (κ3) is 3.72.